The SMILES string of the molecule is O=S(=O)(c1ccc([S+](c2ccccc2)c2ccccc2)cc1)C(F)(F)F. The number of benzene rings is 3. The molecule has 26 heavy (non-hydrogen) atoms. The van der Waals surface area contributed by atoms with Crippen molar-refractivity contribution in [3.8, 4) is 0 Å². The molecule has 0 radical (unpaired) electrons. The van der Waals surface area contributed by atoms with Gasteiger partial charge in [0.2, 0.25) is 0 Å². The Morgan fingerprint density at radius 3 is 1.38 bits per heavy atom. The van der Waals surface area contributed by atoms with Crippen LogP contribution in [0.1, 0.15) is 0 Å². The highest BCUT2D eigenvalue weighted by Crippen LogP contribution is 2.34. The first kappa shape index (κ1) is 18.5. The minimum absolute atomic E-state index is 0.547. The lowest BCUT2D eigenvalue weighted by Crippen LogP contribution is -2.23. The van der Waals surface area contributed by atoms with Crippen molar-refractivity contribution < 1.29 is 21.6 Å². The summed E-state index contributed by atoms with van der Waals surface area (Å²) in [6.45, 7) is 0. The van der Waals surface area contributed by atoms with Gasteiger partial charge >= 0.3 is 5.51 Å². The Balaban J connectivity index is 2.07. The smallest absolute Gasteiger partial charge is 0.214 e. The van der Waals surface area contributed by atoms with Crippen LogP contribution in [0.2, 0.25) is 0 Å². The zero-order chi connectivity index (χ0) is 18.8. The van der Waals surface area contributed by atoms with E-state index in [-0.39, 0.29) is 0 Å². The van der Waals surface area contributed by atoms with Gasteiger partial charge in [0, 0.05) is 0 Å². The molecule has 0 aliphatic heterocycles. The summed E-state index contributed by atoms with van der Waals surface area (Å²) in [5, 5.41) is 0. The fourth-order valence-electron chi connectivity index (χ4n) is 2.41. The van der Waals surface area contributed by atoms with Gasteiger partial charge in [-0.1, -0.05) is 36.4 Å². The number of alkyl halides is 3. The molecule has 0 N–H and O–H groups in total. The Hall–Kier alpha value is -2.25. The lowest BCUT2D eigenvalue weighted by molar-refractivity contribution is -0.0436. The van der Waals surface area contributed by atoms with E-state index in [0.717, 1.165) is 26.8 Å². The molecule has 0 fully saturated rings. The van der Waals surface area contributed by atoms with E-state index in [1.165, 1.54) is 12.1 Å². The second-order valence-electron chi connectivity index (χ2n) is 5.35. The molecule has 0 heterocycles. The number of halogens is 3. The van der Waals surface area contributed by atoms with Crippen molar-refractivity contribution in [2.45, 2.75) is 25.1 Å². The lowest BCUT2D eigenvalue weighted by Gasteiger charge is -2.10. The summed E-state index contributed by atoms with van der Waals surface area (Å²) in [4.78, 5) is 1.97. The fraction of sp³-hybridized carbons (Fsp3) is 0.0526. The van der Waals surface area contributed by atoms with Crippen LogP contribution >= 0.6 is 0 Å². The third-order valence-electron chi connectivity index (χ3n) is 3.63. The van der Waals surface area contributed by atoms with E-state index in [2.05, 4.69) is 0 Å². The van der Waals surface area contributed by atoms with Crippen LogP contribution in [0, 0.1) is 0 Å². The molecule has 0 amide bonds. The predicted molar refractivity (Wildman–Crippen MR) is 94.7 cm³/mol. The summed E-state index contributed by atoms with van der Waals surface area (Å²) < 4.78 is 61.3. The van der Waals surface area contributed by atoms with Crippen LogP contribution in [0.4, 0.5) is 13.2 Å². The van der Waals surface area contributed by atoms with Gasteiger partial charge in [-0.2, -0.15) is 13.2 Å². The van der Waals surface area contributed by atoms with Crippen LogP contribution in [0.15, 0.2) is 105 Å². The maximum Gasteiger partial charge on any atom is 0.501 e. The fourth-order valence-corrected chi connectivity index (χ4v) is 5.25. The zero-order valence-electron chi connectivity index (χ0n) is 13.3. The minimum Gasteiger partial charge on any atom is -0.214 e. The molecular weight excluding hydrogens is 381 g/mol. The molecule has 0 saturated carbocycles. The van der Waals surface area contributed by atoms with Crippen molar-refractivity contribution in [1.82, 2.24) is 0 Å². The van der Waals surface area contributed by atoms with E-state index in [9.17, 15) is 21.6 Å². The van der Waals surface area contributed by atoms with Crippen molar-refractivity contribution in [3.63, 3.8) is 0 Å². The van der Waals surface area contributed by atoms with Gasteiger partial charge < -0.3 is 0 Å². The third kappa shape index (κ3) is 3.64. The second kappa shape index (κ2) is 7.17. The first-order chi connectivity index (χ1) is 12.3. The second-order valence-corrected chi connectivity index (χ2v) is 9.32. The van der Waals surface area contributed by atoms with Crippen LogP contribution in [0.5, 0.6) is 0 Å². The zero-order valence-corrected chi connectivity index (χ0v) is 15.0. The summed E-state index contributed by atoms with van der Waals surface area (Å²) in [6.07, 6.45) is 0. The first-order valence-corrected chi connectivity index (χ1v) is 10.3. The van der Waals surface area contributed by atoms with Crippen LogP contribution in [0.3, 0.4) is 0 Å². The van der Waals surface area contributed by atoms with Gasteiger partial charge in [0.05, 0.1) is 15.8 Å². The van der Waals surface area contributed by atoms with Crippen LogP contribution in [-0.2, 0) is 20.7 Å². The number of hydrogen-bond acceptors (Lipinski definition) is 2. The van der Waals surface area contributed by atoms with Gasteiger partial charge in [0.15, 0.2) is 14.7 Å². The number of rotatable bonds is 4. The number of hydrogen-bond donors (Lipinski definition) is 0. The average molecular weight is 395 g/mol. The van der Waals surface area contributed by atoms with E-state index in [1.54, 1.807) is 0 Å². The van der Waals surface area contributed by atoms with E-state index < -0.39 is 31.1 Å². The largest absolute Gasteiger partial charge is 0.501 e. The van der Waals surface area contributed by atoms with Gasteiger partial charge in [-0.05, 0) is 48.5 Å². The Bertz CT molecular complexity index is 929. The lowest BCUT2D eigenvalue weighted by atomic mass is 10.4. The molecule has 0 unspecified atom stereocenters. The Morgan fingerprint density at radius 2 is 1.00 bits per heavy atom. The third-order valence-corrected chi connectivity index (χ3v) is 7.37. The van der Waals surface area contributed by atoms with Crippen LogP contribution in [0.25, 0.3) is 0 Å². The highest BCUT2D eigenvalue weighted by molar-refractivity contribution is 7.97. The van der Waals surface area contributed by atoms with Crippen molar-refractivity contribution in [1.29, 1.82) is 0 Å². The van der Waals surface area contributed by atoms with E-state index in [4.69, 9.17) is 0 Å². The molecule has 0 saturated heterocycles. The van der Waals surface area contributed by atoms with Crippen LogP contribution < -0.4 is 0 Å². The molecule has 0 spiro atoms. The monoisotopic (exact) mass is 395 g/mol. The molecule has 3 aromatic carbocycles. The predicted octanol–water partition coefficient (Wildman–Crippen LogP) is 5.08. The molecule has 3 rings (SSSR count). The quantitative estimate of drug-likeness (QED) is 0.578. The maximum atomic E-state index is 12.7. The standard InChI is InChI=1S/C19H14F3O2S2/c20-19(21,22)26(23,24)18-13-11-17(12-14-18)25(15-7-3-1-4-8-15)16-9-5-2-6-10-16/h1-14H/q+1. The number of sulfone groups is 1. The van der Waals surface area contributed by atoms with E-state index in [1.807, 2.05) is 60.7 Å². The molecule has 0 atom stereocenters. The van der Waals surface area contributed by atoms with Gasteiger partial charge in [-0.25, -0.2) is 8.42 Å². The summed E-state index contributed by atoms with van der Waals surface area (Å²) in [5.41, 5.74) is -5.31. The molecule has 3 aromatic rings. The summed E-state index contributed by atoms with van der Waals surface area (Å²) in [5.74, 6) is 0. The van der Waals surface area contributed by atoms with Gasteiger partial charge in [0.25, 0.3) is 9.84 Å². The normalized spacial score (nSPS) is 12.3. The molecule has 0 aliphatic carbocycles. The summed E-state index contributed by atoms with van der Waals surface area (Å²) in [7, 11) is -5.89. The maximum absolute atomic E-state index is 12.7. The Labute approximate surface area is 152 Å². The molecule has 0 bridgehead atoms. The molecular formula is C19H14F3O2S2+. The van der Waals surface area contributed by atoms with E-state index >= 15 is 0 Å². The van der Waals surface area contributed by atoms with Crippen LogP contribution in [-0.4, -0.2) is 13.9 Å². The topological polar surface area (TPSA) is 34.1 Å². The van der Waals surface area contributed by atoms with Gasteiger partial charge in [-0.3, -0.25) is 0 Å². The molecule has 134 valence electrons. The average Bonchev–Trinajstić information content (AvgIpc) is 2.63. The highest BCUT2D eigenvalue weighted by Gasteiger charge is 2.47. The van der Waals surface area contributed by atoms with Crippen molar-refractivity contribution >= 4 is 20.7 Å². The van der Waals surface area contributed by atoms with Gasteiger partial charge in [0.1, 0.15) is 0 Å². The summed E-state index contributed by atoms with van der Waals surface area (Å²) >= 11 is 0. The van der Waals surface area contributed by atoms with Crippen molar-refractivity contribution in [2.75, 3.05) is 0 Å². The molecule has 0 aliphatic rings. The summed E-state index contributed by atoms with van der Waals surface area (Å²) in [6, 6.07) is 24.0. The van der Waals surface area contributed by atoms with Crippen molar-refractivity contribution in [3.05, 3.63) is 84.9 Å². The van der Waals surface area contributed by atoms with E-state index in [0.29, 0.717) is 0 Å². The molecule has 0 aromatic heterocycles. The van der Waals surface area contributed by atoms with Gasteiger partial charge in [-0.15, -0.1) is 0 Å². The Morgan fingerprint density at radius 1 is 0.615 bits per heavy atom. The minimum atomic E-state index is -5.35. The van der Waals surface area contributed by atoms with Crippen molar-refractivity contribution in [2.24, 2.45) is 0 Å². The first-order valence-electron chi connectivity index (χ1n) is 7.56. The Kier molecular flexibility index (Phi) is 5.11. The highest BCUT2D eigenvalue weighted by atomic mass is 32.2. The molecule has 2 nitrogen and oxygen atoms in total. The molecule has 7 heteroatoms.